The highest BCUT2D eigenvalue weighted by Gasteiger charge is 2.35. The molecule has 94 valence electrons. The average molecular weight is 237 g/mol. The van der Waals surface area contributed by atoms with Gasteiger partial charge in [-0.05, 0) is 43.7 Å². The van der Waals surface area contributed by atoms with E-state index < -0.39 is 0 Å². The van der Waals surface area contributed by atoms with Crippen molar-refractivity contribution in [2.24, 2.45) is 11.7 Å². The van der Waals surface area contributed by atoms with Crippen molar-refractivity contribution in [2.75, 3.05) is 6.61 Å². The van der Waals surface area contributed by atoms with Crippen molar-refractivity contribution in [2.45, 2.75) is 38.3 Å². The second-order valence-corrected chi connectivity index (χ2v) is 4.72. The van der Waals surface area contributed by atoms with Gasteiger partial charge in [0.2, 0.25) is 0 Å². The maximum absolute atomic E-state index is 13.5. The summed E-state index contributed by atoms with van der Waals surface area (Å²) in [4.78, 5) is 0. The van der Waals surface area contributed by atoms with Crippen LogP contribution in [0.15, 0.2) is 24.3 Å². The minimum Gasteiger partial charge on any atom is -0.377 e. The van der Waals surface area contributed by atoms with Crippen LogP contribution in [0.4, 0.5) is 4.39 Å². The van der Waals surface area contributed by atoms with Gasteiger partial charge in [0, 0.05) is 12.6 Å². The number of rotatable bonds is 6. The van der Waals surface area contributed by atoms with Gasteiger partial charge in [-0.25, -0.2) is 4.39 Å². The summed E-state index contributed by atoms with van der Waals surface area (Å²) in [5.74, 6) is 0.408. The standard InChI is InChI=1S/C14H20FNO/c1-2-17-14(10-7-8-10)13(16)9-11-5-3-4-6-12(11)15/h3-6,10,13-14H,2,7-9,16H2,1H3. The lowest BCUT2D eigenvalue weighted by molar-refractivity contribution is 0.0286. The largest absolute Gasteiger partial charge is 0.377 e. The van der Waals surface area contributed by atoms with E-state index >= 15 is 0 Å². The lowest BCUT2D eigenvalue weighted by Crippen LogP contribution is -2.40. The van der Waals surface area contributed by atoms with Gasteiger partial charge in [0.15, 0.2) is 0 Å². The molecule has 2 rings (SSSR count). The van der Waals surface area contributed by atoms with E-state index in [-0.39, 0.29) is 18.0 Å². The molecular weight excluding hydrogens is 217 g/mol. The third-order valence-corrected chi connectivity index (χ3v) is 3.28. The second kappa shape index (κ2) is 5.61. The summed E-state index contributed by atoms with van der Waals surface area (Å²) in [6, 6.07) is 6.71. The Bertz CT molecular complexity index is 365. The molecule has 2 unspecified atom stereocenters. The topological polar surface area (TPSA) is 35.2 Å². The van der Waals surface area contributed by atoms with E-state index in [1.165, 1.54) is 18.9 Å². The van der Waals surface area contributed by atoms with Crippen LogP contribution in [-0.2, 0) is 11.2 Å². The van der Waals surface area contributed by atoms with Gasteiger partial charge < -0.3 is 10.5 Å². The Balaban J connectivity index is 1.99. The first-order chi connectivity index (χ1) is 8.22. The summed E-state index contributed by atoms with van der Waals surface area (Å²) in [6.45, 7) is 2.65. The molecule has 0 spiro atoms. The second-order valence-electron chi connectivity index (χ2n) is 4.72. The molecule has 0 heterocycles. The molecule has 1 saturated carbocycles. The van der Waals surface area contributed by atoms with Crippen LogP contribution in [0.5, 0.6) is 0 Å². The number of benzene rings is 1. The summed E-state index contributed by atoms with van der Waals surface area (Å²) in [5.41, 5.74) is 6.84. The Morgan fingerprint density at radius 1 is 1.41 bits per heavy atom. The number of hydrogen-bond acceptors (Lipinski definition) is 2. The molecule has 1 fully saturated rings. The highest BCUT2D eigenvalue weighted by molar-refractivity contribution is 5.18. The Hall–Kier alpha value is -0.930. The summed E-state index contributed by atoms with van der Waals surface area (Å²) in [5, 5.41) is 0. The zero-order chi connectivity index (χ0) is 12.3. The predicted octanol–water partition coefficient (Wildman–Crippen LogP) is 2.51. The normalized spacial score (nSPS) is 19.0. The van der Waals surface area contributed by atoms with Gasteiger partial charge in [-0.1, -0.05) is 18.2 Å². The predicted molar refractivity (Wildman–Crippen MR) is 66.2 cm³/mol. The molecule has 1 aliphatic rings. The molecule has 1 aromatic carbocycles. The van der Waals surface area contributed by atoms with Gasteiger partial charge in [0.05, 0.1) is 6.10 Å². The Kier molecular flexibility index (Phi) is 4.13. The molecule has 2 N–H and O–H groups in total. The van der Waals surface area contributed by atoms with Gasteiger partial charge in [-0.3, -0.25) is 0 Å². The molecule has 0 radical (unpaired) electrons. The fraction of sp³-hybridized carbons (Fsp3) is 0.571. The van der Waals surface area contributed by atoms with Gasteiger partial charge in [0.25, 0.3) is 0 Å². The van der Waals surface area contributed by atoms with E-state index in [4.69, 9.17) is 10.5 Å². The first-order valence-electron chi connectivity index (χ1n) is 6.33. The zero-order valence-corrected chi connectivity index (χ0v) is 10.2. The maximum Gasteiger partial charge on any atom is 0.126 e. The smallest absolute Gasteiger partial charge is 0.126 e. The minimum atomic E-state index is -0.172. The summed E-state index contributed by atoms with van der Waals surface area (Å²) < 4.78 is 19.2. The van der Waals surface area contributed by atoms with E-state index in [1.54, 1.807) is 12.1 Å². The summed E-state index contributed by atoms with van der Waals surface area (Å²) >= 11 is 0. The molecule has 0 aromatic heterocycles. The van der Waals surface area contributed by atoms with Crippen LogP contribution in [0, 0.1) is 11.7 Å². The van der Waals surface area contributed by atoms with Gasteiger partial charge in [-0.2, -0.15) is 0 Å². The molecule has 3 heteroatoms. The summed E-state index contributed by atoms with van der Waals surface area (Å²) in [6.07, 6.45) is 3.01. The summed E-state index contributed by atoms with van der Waals surface area (Å²) in [7, 11) is 0. The third-order valence-electron chi connectivity index (χ3n) is 3.28. The Labute approximate surface area is 102 Å². The van der Waals surface area contributed by atoms with Crippen LogP contribution in [-0.4, -0.2) is 18.8 Å². The van der Waals surface area contributed by atoms with Crippen molar-refractivity contribution < 1.29 is 9.13 Å². The minimum absolute atomic E-state index is 0.0830. The van der Waals surface area contributed by atoms with Crippen LogP contribution in [0.3, 0.4) is 0 Å². The van der Waals surface area contributed by atoms with E-state index in [9.17, 15) is 4.39 Å². The Morgan fingerprint density at radius 2 is 2.12 bits per heavy atom. The average Bonchev–Trinajstić information content (AvgIpc) is 3.13. The van der Waals surface area contributed by atoms with E-state index in [0.717, 1.165) is 0 Å². The fourth-order valence-corrected chi connectivity index (χ4v) is 2.26. The number of nitrogens with two attached hydrogens (primary N) is 1. The van der Waals surface area contributed by atoms with Crippen LogP contribution >= 0.6 is 0 Å². The lowest BCUT2D eigenvalue weighted by Gasteiger charge is -2.23. The van der Waals surface area contributed by atoms with Crippen molar-refractivity contribution in [1.82, 2.24) is 0 Å². The van der Waals surface area contributed by atoms with Crippen LogP contribution in [0.25, 0.3) is 0 Å². The van der Waals surface area contributed by atoms with Gasteiger partial charge in [-0.15, -0.1) is 0 Å². The third kappa shape index (κ3) is 3.27. The van der Waals surface area contributed by atoms with Crippen molar-refractivity contribution in [3.05, 3.63) is 35.6 Å². The van der Waals surface area contributed by atoms with Crippen molar-refractivity contribution in [3.63, 3.8) is 0 Å². The molecule has 0 bridgehead atoms. The van der Waals surface area contributed by atoms with Gasteiger partial charge in [0.1, 0.15) is 5.82 Å². The van der Waals surface area contributed by atoms with E-state index in [0.29, 0.717) is 24.5 Å². The fourth-order valence-electron chi connectivity index (χ4n) is 2.26. The Morgan fingerprint density at radius 3 is 2.71 bits per heavy atom. The molecule has 1 aromatic rings. The van der Waals surface area contributed by atoms with Crippen LogP contribution in [0.1, 0.15) is 25.3 Å². The van der Waals surface area contributed by atoms with E-state index in [2.05, 4.69) is 0 Å². The van der Waals surface area contributed by atoms with Crippen LogP contribution in [0.2, 0.25) is 0 Å². The van der Waals surface area contributed by atoms with Crippen molar-refractivity contribution >= 4 is 0 Å². The number of hydrogen-bond donors (Lipinski definition) is 1. The van der Waals surface area contributed by atoms with Gasteiger partial charge >= 0.3 is 0 Å². The number of halogens is 1. The van der Waals surface area contributed by atoms with E-state index in [1.807, 2.05) is 13.0 Å². The highest BCUT2D eigenvalue weighted by atomic mass is 19.1. The molecule has 0 saturated heterocycles. The lowest BCUT2D eigenvalue weighted by atomic mass is 9.99. The maximum atomic E-state index is 13.5. The van der Waals surface area contributed by atoms with Crippen molar-refractivity contribution in [1.29, 1.82) is 0 Å². The molecule has 2 nitrogen and oxygen atoms in total. The molecule has 0 aliphatic heterocycles. The molecule has 1 aliphatic carbocycles. The van der Waals surface area contributed by atoms with Crippen molar-refractivity contribution in [3.8, 4) is 0 Å². The van der Waals surface area contributed by atoms with Crippen LogP contribution < -0.4 is 5.73 Å². The first kappa shape index (κ1) is 12.5. The SMILES string of the molecule is CCOC(C(N)Cc1ccccc1F)C1CC1. The highest BCUT2D eigenvalue weighted by Crippen LogP contribution is 2.36. The quantitative estimate of drug-likeness (QED) is 0.825. The molecular formula is C14H20FNO. The molecule has 17 heavy (non-hydrogen) atoms. The molecule has 2 atom stereocenters. The zero-order valence-electron chi connectivity index (χ0n) is 10.2. The monoisotopic (exact) mass is 237 g/mol. The molecule has 0 amide bonds. The number of ether oxygens (including phenoxy) is 1. The first-order valence-corrected chi connectivity index (χ1v) is 6.33.